The highest BCUT2D eigenvalue weighted by Gasteiger charge is 2.26. The minimum absolute atomic E-state index is 0. The van der Waals surface area contributed by atoms with E-state index in [9.17, 15) is 4.79 Å². The fourth-order valence-electron chi connectivity index (χ4n) is 1.89. The second kappa shape index (κ2) is 7.37. The SMILES string of the molecule is Cl.O=C([C@@H]1CNCCO1)N1CCCSCC1. The highest BCUT2D eigenvalue weighted by Crippen LogP contribution is 2.12. The molecule has 1 amide bonds. The Morgan fingerprint density at radius 3 is 3.00 bits per heavy atom. The van der Waals surface area contributed by atoms with Crippen LogP contribution in [0.3, 0.4) is 0 Å². The Morgan fingerprint density at radius 1 is 1.38 bits per heavy atom. The van der Waals surface area contributed by atoms with Gasteiger partial charge >= 0.3 is 0 Å². The molecule has 1 N–H and O–H groups in total. The Labute approximate surface area is 107 Å². The molecule has 4 nitrogen and oxygen atoms in total. The van der Waals surface area contributed by atoms with E-state index in [0.29, 0.717) is 13.2 Å². The second-order valence-corrected chi connectivity index (χ2v) is 5.08. The van der Waals surface area contributed by atoms with E-state index in [1.165, 1.54) is 5.75 Å². The van der Waals surface area contributed by atoms with Gasteiger partial charge in [0.15, 0.2) is 0 Å². The molecule has 2 aliphatic heterocycles. The number of hydrogen-bond donors (Lipinski definition) is 1. The third-order valence-electron chi connectivity index (χ3n) is 2.74. The first-order valence-corrected chi connectivity index (χ1v) is 6.72. The van der Waals surface area contributed by atoms with Gasteiger partial charge in [-0.25, -0.2) is 0 Å². The zero-order chi connectivity index (χ0) is 10.5. The Bertz CT molecular complexity index is 217. The molecule has 2 fully saturated rings. The van der Waals surface area contributed by atoms with Gasteiger partial charge in [0.1, 0.15) is 6.10 Å². The van der Waals surface area contributed by atoms with Crippen LogP contribution in [0.25, 0.3) is 0 Å². The molecule has 94 valence electrons. The highest BCUT2D eigenvalue weighted by molar-refractivity contribution is 7.99. The lowest BCUT2D eigenvalue weighted by atomic mass is 10.2. The average molecular weight is 267 g/mol. The van der Waals surface area contributed by atoms with Crippen molar-refractivity contribution in [2.45, 2.75) is 12.5 Å². The molecule has 6 heteroatoms. The van der Waals surface area contributed by atoms with Gasteiger partial charge in [-0.15, -0.1) is 12.4 Å². The normalized spacial score (nSPS) is 26.8. The van der Waals surface area contributed by atoms with E-state index >= 15 is 0 Å². The first-order chi connectivity index (χ1) is 7.38. The maximum absolute atomic E-state index is 12.1. The molecule has 0 aliphatic carbocycles. The van der Waals surface area contributed by atoms with Gasteiger partial charge in [-0.1, -0.05) is 0 Å². The summed E-state index contributed by atoms with van der Waals surface area (Å²) in [7, 11) is 0. The summed E-state index contributed by atoms with van der Waals surface area (Å²) in [4.78, 5) is 14.0. The quantitative estimate of drug-likeness (QED) is 0.744. The van der Waals surface area contributed by atoms with Gasteiger partial charge in [0.05, 0.1) is 6.61 Å². The Kier molecular flexibility index (Phi) is 6.49. The third kappa shape index (κ3) is 3.80. The first-order valence-electron chi connectivity index (χ1n) is 5.57. The number of nitrogens with one attached hydrogen (secondary N) is 1. The van der Waals surface area contributed by atoms with E-state index in [4.69, 9.17) is 4.74 Å². The van der Waals surface area contributed by atoms with Crippen molar-refractivity contribution in [2.75, 3.05) is 44.3 Å². The van der Waals surface area contributed by atoms with Gasteiger partial charge in [0.25, 0.3) is 5.91 Å². The number of nitrogens with zero attached hydrogens (tertiary/aromatic N) is 1. The van der Waals surface area contributed by atoms with Crippen molar-refractivity contribution < 1.29 is 9.53 Å². The minimum Gasteiger partial charge on any atom is -0.366 e. The number of amides is 1. The monoisotopic (exact) mass is 266 g/mol. The molecular formula is C10H19ClN2O2S. The molecule has 2 rings (SSSR count). The molecule has 0 radical (unpaired) electrons. The lowest BCUT2D eigenvalue weighted by Crippen LogP contribution is -2.49. The Hall–Kier alpha value is 0.0300. The number of rotatable bonds is 1. The van der Waals surface area contributed by atoms with Crippen molar-refractivity contribution in [3.05, 3.63) is 0 Å². The summed E-state index contributed by atoms with van der Waals surface area (Å²) in [5.41, 5.74) is 0. The summed E-state index contributed by atoms with van der Waals surface area (Å²) in [6.45, 7) is 3.95. The summed E-state index contributed by atoms with van der Waals surface area (Å²) in [5, 5.41) is 3.19. The van der Waals surface area contributed by atoms with Crippen LogP contribution in [0, 0.1) is 0 Å². The molecule has 0 aromatic heterocycles. The van der Waals surface area contributed by atoms with Crippen LogP contribution < -0.4 is 5.32 Å². The predicted molar refractivity (Wildman–Crippen MR) is 68.4 cm³/mol. The number of morpholine rings is 1. The molecule has 0 saturated carbocycles. The summed E-state index contributed by atoms with van der Waals surface area (Å²) in [5.74, 6) is 2.41. The van der Waals surface area contributed by atoms with Gasteiger partial charge < -0.3 is 15.0 Å². The molecule has 0 aromatic rings. The topological polar surface area (TPSA) is 41.6 Å². The number of thioether (sulfide) groups is 1. The number of carbonyl (C=O) groups excluding carboxylic acids is 1. The molecule has 0 spiro atoms. The van der Waals surface area contributed by atoms with E-state index < -0.39 is 0 Å². The van der Waals surface area contributed by atoms with Gasteiger partial charge in [0.2, 0.25) is 0 Å². The molecule has 16 heavy (non-hydrogen) atoms. The van der Waals surface area contributed by atoms with Crippen LogP contribution in [0.15, 0.2) is 0 Å². The van der Waals surface area contributed by atoms with Crippen LogP contribution in [-0.2, 0) is 9.53 Å². The highest BCUT2D eigenvalue weighted by atomic mass is 35.5. The standard InChI is InChI=1S/C10H18N2O2S.ClH/c13-10(9-8-11-2-5-14-9)12-3-1-6-15-7-4-12;/h9,11H,1-8H2;1H/t9-;/m0./s1. The van der Waals surface area contributed by atoms with E-state index in [2.05, 4.69) is 5.32 Å². The predicted octanol–water partition coefficient (Wildman–Crippen LogP) is 0.362. The van der Waals surface area contributed by atoms with Gasteiger partial charge in [-0.3, -0.25) is 4.79 Å². The molecular weight excluding hydrogens is 248 g/mol. The summed E-state index contributed by atoms with van der Waals surface area (Å²) < 4.78 is 5.47. The lowest BCUT2D eigenvalue weighted by molar-refractivity contribution is -0.144. The largest absolute Gasteiger partial charge is 0.366 e. The Morgan fingerprint density at radius 2 is 2.25 bits per heavy atom. The zero-order valence-electron chi connectivity index (χ0n) is 9.31. The van der Waals surface area contributed by atoms with Crippen LogP contribution >= 0.6 is 24.2 Å². The van der Waals surface area contributed by atoms with Gasteiger partial charge in [-0.05, 0) is 12.2 Å². The fraction of sp³-hybridized carbons (Fsp3) is 0.900. The van der Waals surface area contributed by atoms with Crippen molar-refractivity contribution >= 4 is 30.1 Å². The summed E-state index contributed by atoms with van der Waals surface area (Å²) in [6.07, 6.45) is 0.859. The number of hydrogen-bond acceptors (Lipinski definition) is 4. The third-order valence-corrected chi connectivity index (χ3v) is 3.79. The zero-order valence-corrected chi connectivity index (χ0v) is 10.9. The molecule has 2 aliphatic rings. The van der Waals surface area contributed by atoms with Crippen LogP contribution in [0.4, 0.5) is 0 Å². The van der Waals surface area contributed by atoms with E-state index in [0.717, 1.165) is 31.8 Å². The smallest absolute Gasteiger partial charge is 0.253 e. The van der Waals surface area contributed by atoms with Gasteiger partial charge in [0, 0.05) is 31.9 Å². The number of ether oxygens (including phenoxy) is 1. The number of halogens is 1. The second-order valence-electron chi connectivity index (χ2n) is 3.85. The minimum atomic E-state index is -0.248. The Balaban J connectivity index is 0.00000128. The maximum Gasteiger partial charge on any atom is 0.253 e. The molecule has 0 aromatic carbocycles. The molecule has 2 heterocycles. The average Bonchev–Trinajstić information content (AvgIpc) is 2.58. The van der Waals surface area contributed by atoms with Crippen LogP contribution in [-0.4, -0.2) is 61.2 Å². The van der Waals surface area contributed by atoms with Crippen LogP contribution in [0.5, 0.6) is 0 Å². The summed E-state index contributed by atoms with van der Waals surface area (Å²) >= 11 is 1.93. The van der Waals surface area contributed by atoms with Gasteiger partial charge in [-0.2, -0.15) is 11.8 Å². The van der Waals surface area contributed by atoms with Crippen LogP contribution in [0.1, 0.15) is 6.42 Å². The molecule has 1 atom stereocenters. The maximum atomic E-state index is 12.1. The summed E-state index contributed by atoms with van der Waals surface area (Å²) in [6, 6.07) is 0. The van der Waals surface area contributed by atoms with Crippen molar-refractivity contribution in [3.8, 4) is 0 Å². The van der Waals surface area contributed by atoms with E-state index in [1.807, 2.05) is 16.7 Å². The van der Waals surface area contributed by atoms with Crippen molar-refractivity contribution in [1.29, 1.82) is 0 Å². The van der Waals surface area contributed by atoms with E-state index in [1.54, 1.807) is 0 Å². The van der Waals surface area contributed by atoms with E-state index in [-0.39, 0.29) is 24.4 Å². The van der Waals surface area contributed by atoms with Crippen molar-refractivity contribution in [1.82, 2.24) is 10.2 Å². The van der Waals surface area contributed by atoms with Crippen molar-refractivity contribution in [3.63, 3.8) is 0 Å². The molecule has 2 saturated heterocycles. The molecule has 0 unspecified atom stereocenters. The first kappa shape index (κ1) is 14.1. The van der Waals surface area contributed by atoms with Crippen molar-refractivity contribution in [2.24, 2.45) is 0 Å². The van der Waals surface area contributed by atoms with Crippen LogP contribution in [0.2, 0.25) is 0 Å². The fourth-order valence-corrected chi connectivity index (χ4v) is 2.78. The number of carbonyl (C=O) groups is 1. The lowest BCUT2D eigenvalue weighted by Gasteiger charge is -2.28. The molecule has 0 bridgehead atoms.